The van der Waals surface area contributed by atoms with Crippen LogP contribution in [0.5, 0.6) is 0 Å². The van der Waals surface area contributed by atoms with Crippen molar-refractivity contribution in [2.75, 3.05) is 13.1 Å². The highest BCUT2D eigenvalue weighted by Gasteiger charge is 2.34. The topological polar surface area (TPSA) is 37.4 Å². The molecule has 3 rings (SSSR count). The molecule has 0 fully saturated rings. The minimum Gasteiger partial charge on any atom is -0.207 e. The lowest BCUT2D eigenvalue weighted by molar-refractivity contribution is -0.137. The molecular formula is C18H15ClF3NO2S. The lowest BCUT2D eigenvalue weighted by Crippen LogP contribution is -2.34. The first-order valence-electron chi connectivity index (χ1n) is 7.81. The summed E-state index contributed by atoms with van der Waals surface area (Å²) in [5.74, 6) is 0. The van der Waals surface area contributed by atoms with Gasteiger partial charge in [0.05, 0.1) is 15.5 Å². The lowest BCUT2D eigenvalue weighted by atomic mass is 9.98. The third-order valence-corrected chi connectivity index (χ3v) is 6.40. The second-order valence-electron chi connectivity index (χ2n) is 5.85. The zero-order valence-electron chi connectivity index (χ0n) is 13.5. The van der Waals surface area contributed by atoms with E-state index in [9.17, 15) is 21.6 Å². The molecule has 0 spiro atoms. The van der Waals surface area contributed by atoms with Crippen LogP contribution in [0.15, 0.2) is 59.5 Å². The van der Waals surface area contributed by atoms with Crippen LogP contribution < -0.4 is 0 Å². The Morgan fingerprint density at radius 2 is 1.73 bits per heavy atom. The molecule has 1 aliphatic heterocycles. The first-order chi connectivity index (χ1) is 12.2. The Bertz CT molecular complexity index is 941. The van der Waals surface area contributed by atoms with Crippen LogP contribution in [0, 0.1) is 0 Å². The number of benzene rings is 2. The summed E-state index contributed by atoms with van der Waals surface area (Å²) in [4.78, 5) is 0.197. The number of alkyl halides is 3. The largest absolute Gasteiger partial charge is 0.417 e. The van der Waals surface area contributed by atoms with E-state index in [2.05, 4.69) is 0 Å². The molecule has 138 valence electrons. The van der Waals surface area contributed by atoms with Gasteiger partial charge in [-0.25, -0.2) is 8.42 Å². The molecule has 0 amide bonds. The molecule has 0 aromatic heterocycles. The lowest BCUT2D eigenvalue weighted by Gasteiger charge is -2.26. The Labute approximate surface area is 154 Å². The van der Waals surface area contributed by atoms with Gasteiger partial charge in [-0.1, -0.05) is 41.9 Å². The van der Waals surface area contributed by atoms with Gasteiger partial charge in [0.25, 0.3) is 0 Å². The fourth-order valence-corrected chi connectivity index (χ4v) is 4.44. The van der Waals surface area contributed by atoms with Gasteiger partial charge in [0.2, 0.25) is 10.0 Å². The number of halogens is 4. The molecule has 0 radical (unpaired) electrons. The second kappa shape index (κ2) is 7.06. The molecule has 8 heteroatoms. The summed E-state index contributed by atoms with van der Waals surface area (Å²) in [5, 5.41) is -0.356. The smallest absolute Gasteiger partial charge is 0.207 e. The quantitative estimate of drug-likeness (QED) is 0.738. The highest BCUT2D eigenvalue weighted by Crippen LogP contribution is 2.37. The van der Waals surface area contributed by atoms with Gasteiger partial charge in [-0.15, -0.1) is 0 Å². The maximum Gasteiger partial charge on any atom is 0.417 e. The molecule has 0 atom stereocenters. The molecule has 0 bridgehead atoms. The van der Waals surface area contributed by atoms with E-state index in [1.54, 1.807) is 24.3 Å². The molecule has 0 saturated heterocycles. The number of hydrogen-bond donors (Lipinski definition) is 0. The van der Waals surface area contributed by atoms with Crippen LogP contribution in [-0.4, -0.2) is 25.8 Å². The van der Waals surface area contributed by atoms with Crippen molar-refractivity contribution >= 4 is 27.2 Å². The molecule has 3 nitrogen and oxygen atoms in total. The molecule has 2 aromatic carbocycles. The van der Waals surface area contributed by atoms with Crippen molar-refractivity contribution in [1.29, 1.82) is 0 Å². The molecule has 1 heterocycles. The Hall–Kier alpha value is -1.83. The third kappa shape index (κ3) is 3.79. The summed E-state index contributed by atoms with van der Waals surface area (Å²) in [6.45, 7) is 0.309. The Morgan fingerprint density at radius 1 is 1.04 bits per heavy atom. The van der Waals surface area contributed by atoms with E-state index < -0.39 is 21.8 Å². The predicted octanol–water partition coefficient (Wildman–Crippen LogP) is 4.84. The summed E-state index contributed by atoms with van der Waals surface area (Å²) >= 11 is 5.64. The van der Waals surface area contributed by atoms with E-state index in [1.807, 2.05) is 0 Å². The zero-order chi connectivity index (χ0) is 18.9. The molecule has 26 heavy (non-hydrogen) atoms. The van der Waals surface area contributed by atoms with Gasteiger partial charge in [-0.2, -0.15) is 17.5 Å². The highest BCUT2D eigenvalue weighted by atomic mass is 35.5. The van der Waals surface area contributed by atoms with E-state index >= 15 is 0 Å². The average molecular weight is 402 g/mol. The fourth-order valence-electron chi connectivity index (χ4n) is 2.81. The van der Waals surface area contributed by atoms with Crippen molar-refractivity contribution in [1.82, 2.24) is 4.31 Å². The van der Waals surface area contributed by atoms with Crippen molar-refractivity contribution < 1.29 is 21.6 Å². The first kappa shape index (κ1) is 18.9. The number of nitrogens with zero attached hydrogens (tertiary/aromatic N) is 1. The molecule has 2 aromatic rings. The number of rotatable bonds is 3. The average Bonchev–Trinajstić information content (AvgIpc) is 2.62. The normalized spacial score (nSPS) is 16.4. The van der Waals surface area contributed by atoms with Gasteiger partial charge in [-0.3, -0.25) is 0 Å². The van der Waals surface area contributed by atoms with Gasteiger partial charge in [0.15, 0.2) is 0 Å². The molecule has 1 aliphatic rings. The second-order valence-corrected chi connectivity index (χ2v) is 8.19. The molecule has 0 aliphatic carbocycles. The summed E-state index contributed by atoms with van der Waals surface area (Å²) in [7, 11) is -3.62. The van der Waals surface area contributed by atoms with Crippen molar-refractivity contribution in [3.05, 3.63) is 70.8 Å². The zero-order valence-corrected chi connectivity index (χ0v) is 15.1. The van der Waals surface area contributed by atoms with Crippen molar-refractivity contribution in [2.24, 2.45) is 0 Å². The highest BCUT2D eigenvalue weighted by molar-refractivity contribution is 7.89. The molecular weight excluding hydrogens is 387 g/mol. The van der Waals surface area contributed by atoms with Crippen LogP contribution in [0.25, 0.3) is 5.57 Å². The van der Waals surface area contributed by atoms with Crippen LogP contribution >= 0.6 is 11.6 Å². The summed E-state index contributed by atoms with van der Waals surface area (Å²) in [6.07, 6.45) is -2.57. The van der Waals surface area contributed by atoms with Gasteiger partial charge in [0, 0.05) is 13.1 Å². The summed E-state index contributed by atoms with van der Waals surface area (Å²) in [6, 6.07) is 11.8. The third-order valence-electron chi connectivity index (χ3n) is 4.20. The van der Waals surface area contributed by atoms with Gasteiger partial charge in [0.1, 0.15) is 0 Å². The fraction of sp³-hybridized carbons (Fsp3) is 0.222. The SMILES string of the molecule is O=S(=O)(c1ccccc1)N1CC=C(c2ccc(Cl)c(C(F)(F)F)c2)CC1. The van der Waals surface area contributed by atoms with Crippen LogP contribution in [0.4, 0.5) is 13.2 Å². The van der Waals surface area contributed by atoms with Crippen molar-refractivity contribution in [3.63, 3.8) is 0 Å². The van der Waals surface area contributed by atoms with Crippen LogP contribution in [0.1, 0.15) is 17.5 Å². The molecule has 0 saturated carbocycles. The Kier molecular flexibility index (Phi) is 5.14. The molecule has 0 N–H and O–H groups in total. The van der Waals surface area contributed by atoms with E-state index in [0.717, 1.165) is 6.07 Å². The van der Waals surface area contributed by atoms with Gasteiger partial charge in [-0.05, 0) is 41.8 Å². The Balaban J connectivity index is 1.85. The van der Waals surface area contributed by atoms with E-state index in [0.29, 0.717) is 17.6 Å². The van der Waals surface area contributed by atoms with Crippen molar-refractivity contribution in [2.45, 2.75) is 17.5 Å². The van der Waals surface area contributed by atoms with E-state index in [1.165, 1.54) is 28.6 Å². The standard InChI is InChI=1S/C18H15ClF3NO2S/c19-17-7-6-14(12-16(17)18(20,21)22)13-8-10-23(11-9-13)26(24,25)15-4-2-1-3-5-15/h1-8,12H,9-11H2. The minimum absolute atomic E-state index is 0.108. The van der Waals surface area contributed by atoms with Gasteiger partial charge < -0.3 is 0 Å². The Morgan fingerprint density at radius 3 is 2.31 bits per heavy atom. The summed E-state index contributed by atoms with van der Waals surface area (Å²) in [5.41, 5.74) is 0.182. The number of sulfonamides is 1. The summed E-state index contributed by atoms with van der Waals surface area (Å²) < 4.78 is 65.5. The van der Waals surface area contributed by atoms with Crippen molar-refractivity contribution in [3.8, 4) is 0 Å². The number of hydrogen-bond acceptors (Lipinski definition) is 2. The van der Waals surface area contributed by atoms with Crippen LogP contribution in [0.3, 0.4) is 0 Å². The first-order valence-corrected chi connectivity index (χ1v) is 9.63. The van der Waals surface area contributed by atoms with Crippen LogP contribution in [-0.2, 0) is 16.2 Å². The predicted molar refractivity (Wildman–Crippen MR) is 94.2 cm³/mol. The van der Waals surface area contributed by atoms with E-state index in [4.69, 9.17) is 11.6 Å². The minimum atomic E-state index is -4.54. The van der Waals surface area contributed by atoms with Crippen LogP contribution in [0.2, 0.25) is 5.02 Å². The molecule has 0 unspecified atom stereocenters. The maximum atomic E-state index is 13.0. The van der Waals surface area contributed by atoms with Gasteiger partial charge >= 0.3 is 6.18 Å². The monoisotopic (exact) mass is 401 g/mol. The van der Waals surface area contributed by atoms with E-state index in [-0.39, 0.29) is 23.0 Å². The maximum absolute atomic E-state index is 13.0.